The van der Waals surface area contributed by atoms with E-state index < -0.39 is 29.3 Å². The number of H-pyrrole nitrogens is 1. The van der Waals surface area contributed by atoms with E-state index in [1.54, 1.807) is 12.1 Å². The lowest BCUT2D eigenvalue weighted by Crippen LogP contribution is -2.46. The third-order valence-electron chi connectivity index (χ3n) is 6.46. The summed E-state index contributed by atoms with van der Waals surface area (Å²) < 4.78 is 34.6. The average Bonchev–Trinajstić information content (AvgIpc) is 3.30. The molecule has 194 valence electrons. The summed E-state index contributed by atoms with van der Waals surface area (Å²) in [6.45, 7) is 4.53. The number of fused-ring (bicyclic) bond motifs is 1. The van der Waals surface area contributed by atoms with E-state index in [0.717, 1.165) is 5.01 Å². The monoisotopic (exact) mass is 513 g/mol. The van der Waals surface area contributed by atoms with Crippen LogP contribution in [-0.2, 0) is 17.7 Å². The van der Waals surface area contributed by atoms with Crippen molar-refractivity contribution in [3.8, 4) is 0 Å². The van der Waals surface area contributed by atoms with E-state index in [-0.39, 0.29) is 30.0 Å². The number of aryl methyl sites for hydroxylation is 1. The van der Waals surface area contributed by atoms with Crippen molar-refractivity contribution in [2.45, 2.75) is 19.9 Å². The predicted octanol–water partition coefficient (Wildman–Crippen LogP) is 1.58. The smallest absolute Gasteiger partial charge is 0.428 e. The Morgan fingerprint density at radius 1 is 1.08 bits per heavy atom. The van der Waals surface area contributed by atoms with Gasteiger partial charge in [-0.25, -0.2) is 24.2 Å². The van der Waals surface area contributed by atoms with Crippen LogP contribution in [0.25, 0.3) is 11.0 Å². The maximum absolute atomic E-state index is 15.1. The van der Waals surface area contributed by atoms with Gasteiger partial charge in [-0.3, -0.25) is 19.9 Å². The van der Waals surface area contributed by atoms with Crippen LogP contribution >= 0.6 is 0 Å². The number of rotatable bonds is 6. The van der Waals surface area contributed by atoms with Crippen molar-refractivity contribution in [3.05, 3.63) is 63.3 Å². The van der Waals surface area contributed by atoms with Gasteiger partial charge in [-0.2, -0.15) is 4.39 Å². The molecule has 0 aliphatic carbocycles. The molecule has 11 nitrogen and oxygen atoms in total. The minimum Gasteiger partial charge on any atom is -0.446 e. The first kappa shape index (κ1) is 24.6. The number of hydrogen-bond acceptors (Lipinski definition) is 8. The summed E-state index contributed by atoms with van der Waals surface area (Å²) >= 11 is 0. The first-order chi connectivity index (χ1) is 17.8. The molecule has 3 aromatic rings. The predicted molar refractivity (Wildman–Crippen MR) is 129 cm³/mol. The molecule has 4 heterocycles. The number of amides is 2. The standard InChI is InChI=1S/C24H25F2N7O4/c1-2-15-22(34)29-20-16(27-15)4-3-14(19(20)25)13-31-7-9-32(10-8-31)18-6-5-17(28-21(18)26)23(35)30-33-11-12-37-24(33)36/h3-6H,2,7-13H2,1H3,(H,29,34)(H,30,35). The zero-order valence-electron chi connectivity index (χ0n) is 20.1. The fraction of sp³-hybridized carbons (Fsp3) is 0.375. The first-order valence-corrected chi connectivity index (χ1v) is 11.9. The normalized spacial score (nSPS) is 16.4. The topological polar surface area (TPSA) is 124 Å². The molecule has 2 N–H and O–H groups in total. The number of pyridine rings is 1. The van der Waals surface area contributed by atoms with Gasteiger partial charge in [-0.05, 0) is 24.6 Å². The van der Waals surface area contributed by atoms with Crippen LogP contribution in [0.15, 0.2) is 29.1 Å². The molecule has 2 aliphatic rings. The Morgan fingerprint density at radius 2 is 1.86 bits per heavy atom. The summed E-state index contributed by atoms with van der Waals surface area (Å²) in [5.41, 5.74) is 3.34. The highest BCUT2D eigenvalue weighted by Crippen LogP contribution is 2.23. The van der Waals surface area contributed by atoms with Crippen LogP contribution in [0.2, 0.25) is 0 Å². The number of piperazine rings is 1. The second kappa shape index (κ2) is 10.1. The summed E-state index contributed by atoms with van der Waals surface area (Å²) in [6, 6.07) is 6.24. The van der Waals surface area contributed by atoms with Crippen LogP contribution in [-0.4, -0.2) is 76.2 Å². The third kappa shape index (κ3) is 4.94. The zero-order valence-corrected chi connectivity index (χ0v) is 20.1. The van der Waals surface area contributed by atoms with Crippen molar-refractivity contribution in [2.24, 2.45) is 0 Å². The van der Waals surface area contributed by atoms with Gasteiger partial charge in [0.25, 0.3) is 11.5 Å². The number of aromatic amines is 1. The molecule has 5 rings (SSSR count). The number of cyclic esters (lactones) is 1. The fourth-order valence-electron chi connectivity index (χ4n) is 4.42. The lowest BCUT2D eigenvalue weighted by atomic mass is 10.1. The number of carbonyl (C=O) groups is 2. The van der Waals surface area contributed by atoms with Gasteiger partial charge in [0.05, 0.1) is 17.7 Å². The molecule has 2 saturated heterocycles. The van der Waals surface area contributed by atoms with Crippen molar-refractivity contribution in [3.63, 3.8) is 0 Å². The molecule has 0 spiro atoms. The van der Waals surface area contributed by atoms with Crippen molar-refractivity contribution in [1.82, 2.24) is 30.3 Å². The van der Waals surface area contributed by atoms with Crippen molar-refractivity contribution in [2.75, 3.05) is 44.2 Å². The number of hydrogen-bond donors (Lipinski definition) is 2. The Hall–Kier alpha value is -4.13. The molecule has 13 heteroatoms. The Morgan fingerprint density at radius 3 is 2.54 bits per heavy atom. The van der Waals surface area contributed by atoms with Gasteiger partial charge < -0.3 is 14.6 Å². The number of benzene rings is 1. The molecule has 37 heavy (non-hydrogen) atoms. The third-order valence-corrected chi connectivity index (χ3v) is 6.46. The average molecular weight is 514 g/mol. The number of anilines is 1. The molecule has 0 atom stereocenters. The molecule has 0 radical (unpaired) electrons. The zero-order chi connectivity index (χ0) is 26.1. The second-order valence-electron chi connectivity index (χ2n) is 8.78. The molecular weight excluding hydrogens is 488 g/mol. The fourth-order valence-corrected chi connectivity index (χ4v) is 4.42. The minimum absolute atomic E-state index is 0.0947. The number of aromatic nitrogens is 3. The first-order valence-electron chi connectivity index (χ1n) is 11.9. The number of nitrogens with zero attached hydrogens (tertiary/aromatic N) is 5. The maximum Gasteiger partial charge on any atom is 0.428 e. The highest BCUT2D eigenvalue weighted by atomic mass is 19.1. The van der Waals surface area contributed by atoms with E-state index in [2.05, 4.69) is 20.4 Å². The van der Waals surface area contributed by atoms with Crippen LogP contribution in [0.1, 0.15) is 28.7 Å². The Balaban J connectivity index is 1.22. The van der Waals surface area contributed by atoms with E-state index >= 15 is 4.39 Å². The molecule has 2 aliphatic heterocycles. The molecule has 0 bridgehead atoms. The molecule has 0 unspecified atom stereocenters. The number of halogens is 2. The van der Waals surface area contributed by atoms with E-state index in [4.69, 9.17) is 4.74 Å². The van der Waals surface area contributed by atoms with Crippen LogP contribution in [0, 0.1) is 11.8 Å². The molecular formula is C24H25F2N7O4. The van der Waals surface area contributed by atoms with Gasteiger partial charge in [0.2, 0.25) is 5.95 Å². The molecule has 2 aromatic heterocycles. The highest BCUT2D eigenvalue weighted by molar-refractivity contribution is 5.93. The van der Waals surface area contributed by atoms with E-state index in [1.165, 1.54) is 12.1 Å². The summed E-state index contributed by atoms with van der Waals surface area (Å²) in [7, 11) is 0. The summed E-state index contributed by atoms with van der Waals surface area (Å²) in [5, 5.41) is 1.00. The lowest BCUT2D eigenvalue weighted by molar-refractivity contribution is 0.0825. The quantitative estimate of drug-likeness (QED) is 0.477. The van der Waals surface area contributed by atoms with Crippen LogP contribution in [0.3, 0.4) is 0 Å². The van der Waals surface area contributed by atoms with Crippen molar-refractivity contribution < 1.29 is 23.1 Å². The largest absolute Gasteiger partial charge is 0.446 e. The molecule has 1 aromatic carbocycles. The van der Waals surface area contributed by atoms with Crippen LogP contribution < -0.4 is 15.9 Å². The SMILES string of the molecule is CCc1nc2ccc(CN3CCN(c4ccc(C(=O)NN5CCOC5=O)nc4F)CC3)c(F)c2[nH]c1=O. The number of carbonyl (C=O) groups excluding carboxylic acids is 2. The summed E-state index contributed by atoms with van der Waals surface area (Å²) in [6.07, 6.45) is -0.220. The van der Waals surface area contributed by atoms with Gasteiger partial charge in [-0.15, -0.1) is 0 Å². The van der Waals surface area contributed by atoms with Gasteiger partial charge in [0.1, 0.15) is 23.5 Å². The molecule has 2 amide bonds. The van der Waals surface area contributed by atoms with E-state index in [1.807, 2.05) is 16.7 Å². The number of nitrogens with one attached hydrogen (secondary N) is 2. The van der Waals surface area contributed by atoms with Gasteiger partial charge in [0, 0.05) is 38.3 Å². The van der Waals surface area contributed by atoms with E-state index in [0.29, 0.717) is 55.9 Å². The lowest BCUT2D eigenvalue weighted by Gasteiger charge is -2.36. The summed E-state index contributed by atoms with van der Waals surface area (Å²) in [4.78, 5) is 50.3. The Labute approximate surface area is 210 Å². The van der Waals surface area contributed by atoms with Crippen LogP contribution in [0.5, 0.6) is 0 Å². The highest BCUT2D eigenvalue weighted by Gasteiger charge is 2.26. The minimum atomic E-state index is -0.798. The molecule has 0 saturated carbocycles. The van der Waals surface area contributed by atoms with Gasteiger partial charge >= 0.3 is 6.09 Å². The van der Waals surface area contributed by atoms with Crippen molar-refractivity contribution in [1.29, 1.82) is 0 Å². The van der Waals surface area contributed by atoms with Crippen LogP contribution in [0.4, 0.5) is 19.3 Å². The Kier molecular flexibility index (Phi) is 6.70. The second-order valence-corrected chi connectivity index (χ2v) is 8.78. The number of ether oxygens (including phenoxy) is 1. The molecule has 2 fully saturated rings. The van der Waals surface area contributed by atoms with E-state index in [9.17, 15) is 18.8 Å². The van der Waals surface area contributed by atoms with Crippen molar-refractivity contribution >= 4 is 28.7 Å². The number of hydrazine groups is 1. The summed E-state index contributed by atoms with van der Waals surface area (Å²) in [5.74, 6) is -2.01. The Bertz CT molecular complexity index is 1420. The van der Waals surface area contributed by atoms with Gasteiger partial charge in [0.15, 0.2) is 5.82 Å². The maximum atomic E-state index is 15.1. The van der Waals surface area contributed by atoms with Gasteiger partial charge in [-0.1, -0.05) is 13.0 Å².